The molecule has 0 radical (unpaired) electrons. The minimum atomic E-state index is -0.426. The second kappa shape index (κ2) is 8.02. The second-order valence-electron chi connectivity index (χ2n) is 6.74. The number of carbonyl (C=O) groups is 1. The van der Waals surface area contributed by atoms with Crippen molar-refractivity contribution in [1.82, 2.24) is 5.32 Å². The summed E-state index contributed by atoms with van der Waals surface area (Å²) in [6.07, 6.45) is 1.03. The molecule has 0 unspecified atom stereocenters. The number of carbonyl (C=O) groups excluding carboxylic acids is 1. The Morgan fingerprint density at radius 3 is 2.48 bits per heavy atom. The number of nitrogens with one attached hydrogen (secondary N) is 3. The smallest absolute Gasteiger partial charge is 0.343 e. The first-order valence-corrected chi connectivity index (χ1v) is 9.34. The van der Waals surface area contributed by atoms with E-state index in [0.717, 1.165) is 41.9 Å². The van der Waals surface area contributed by atoms with Crippen LogP contribution in [0.15, 0.2) is 65.7 Å². The molecule has 0 saturated carbocycles. The van der Waals surface area contributed by atoms with Gasteiger partial charge in [0.1, 0.15) is 11.6 Å². The van der Waals surface area contributed by atoms with Crippen molar-refractivity contribution in [2.24, 2.45) is 10.7 Å². The van der Waals surface area contributed by atoms with Gasteiger partial charge in [0.05, 0.1) is 5.56 Å². The third kappa shape index (κ3) is 4.35. The molecule has 3 aromatic rings. The maximum atomic E-state index is 12.5. The SMILES string of the molecule is N=C(N)c1ccc2cc(OC(=O)c3ccc(NC4=NCCCN4)cc3)ccc2c1. The van der Waals surface area contributed by atoms with Gasteiger partial charge in [0.25, 0.3) is 0 Å². The molecule has 3 aromatic carbocycles. The molecule has 29 heavy (non-hydrogen) atoms. The third-order valence-electron chi connectivity index (χ3n) is 4.61. The molecule has 146 valence electrons. The van der Waals surface area contributed by atoms with Crippen LogP contribution in [0, 0.1) is 5.41 Å². The molecule has 5 N–H and O–H groups in total. The van der Waals surface area contributed by atoms with Crippen LogP contribution in [-0.4, -0.2) is 30.9 Å². The molecule has 4 rings (SSSR count). The van der Waals surface area contributed by atoms with Gasteiger partial charge in [-0.1, -0.05) is 18.2 Å². The number of nitrogens with two attached hydrogens (primary N) is 1. The number of nitrogens with zero attached hydrogens (tertiary/aromatic N) is 1. The van der Waals surface area contributed by atoms with E-state index in [1.807, 2.05) is 30.3 Å². The first-order chi connectivity index (χ1) is 14.1. The zero-order valence-corrected chi connectivity index (χ0v) is 15.7. The Balaban J connectivity index is 1.45. The van der Waals surface area contributed by atoms with E-state index in [0.29, 0.717) is 16.9 Å². The van der Waals surface area contributed by atoms with Crippen molar-refractivity contribution in [3.63, 3.8) is 0 Å². The number of hydrogen-bond acceptors (Lipinski definition) is 6. The topological polar surface area (TPSA) is 113 Å². The van der Waals surface area contributed by atoms with Crippen molar-refractivity contribution < 1.29 is 9.53 Å². The van der Waals surface area contributed by atoms with Gasteiger partial charge in [-0.25, -0.2) is 4.79 Å². The fourth-order valence-electron chi connectivity index (χ4n) is 3.06. The number of benzene rings is 3. The van der Waals surface area contributed by atoms with Crippen LogP contribution in [0.5, 0.6) is 5.75 Å². The number of nitrogen functional groups attached to an aromatic ring is 1. The number of ether oxygens (including phenoxy) is 1. The number of guanidine groups is 1. The van der Waals surface area contributed by atoms with E-state index in [1.54, 1.807) is 30.3 Å². The van der Waals surface area contributed by atoms with E-state index >= 15 is 0 Å². The number of esters is 1. The minimum Gasteiger partial charge on any atom is -0.423 e. The van der Waals surface area contributed by atoms with Crippen LogP contribution in [0.2, 0.25) is 0 Å². The molecule has 0 atom stereocenters. The summed E-state index contributed by atoms with van der Waals surface area (Å²) in [5.74, 6) is 0.799. The first kappa shape index (κ1) is 18.5. The van der Waals surface area contributed by atoms with Crippen LogP contribution in [0.4, 0.5) is 5.69 Å². The van der Waals surface area contributed by atoms with Crippen LogP contribution in [0.3, 0.4) is 0 Å². The predicted octanol–water partition coefficient (Wildman–Crippen LogP) is 3.10. The largest absolute Gasteiger partial charge is 0.423 e. The van der Waals surface area contributed by atoms with Gasteiger partial charge in [0.2, 0.25) is 0 Å². The van der Waals surface area contributed by atoms with E-state index in [2.05, 4.69) is 15.6 Å². The lowest BCUT2D eigenvalue weighted by molar-refractivity contribution is 0.0735. The van der Waals surface area contributed by atoms with Gasteiger partial charge in [-0.05, 0) is 59.7 Å². The number of fused-ring (bicyclic) bond motifs is 1. The van der Waals surface area contributed by atoms with Crippen molar-refractivity contribution >= 4 is 34.2 Å². The maximum absolute atomic E-state index is 12.5. The summed E-state index contributed by atoms with van der Waals surface area (Å²) in [7, 11) is 0. The number of aliphatic imine (C=N–C) groups is 1. The van der Waals surface area contributed by atoms with Gasteiger partial charge in [-0.2, -0.15) is 0 Å². The molecule has 0 spiro atoms. The van der Waals surface area contributed by atoms with Crippen molar-refractivity contribution in [1.29, 1.82) is 5.41 Å². The Kier molecular flexibility index (Phi) is 5.11. The molecule has 0 aromatic heterocycles. The van der Waals surface area contributed by atoms with Crippen molar-refractivity contribution in [3.8, 4) is 5.75 Å². The summed E-state index contributed by atoms with van der Waals surface area (Å²) in [5, 5.41) is 15.7. The van der Waals surface area contributed by atoms with Crippen LogP contribution in [0.1, 0.15) is 22.3 Å². The van der Waals surface area contributed by atoms with Gasteiger partial charge in [-0.15, -0.1) is 0 Å². The molecule has 1 heterocycles. The lowest BCUT2D eigenvalue weighted by Gasteiger charge is -2.16. The Hall–Kier alpha value is -3.87. The van der Waals surface area contributed by atoms with Crippen LogP contribution in [0.25, 0.3) is 10.8 Å². The highest BCUT2D eigenvalue weighted by Crippen LogP contribution is 2.23. The summed E-state index contributed by atoms with van der Waals surface area (Å²) in [5.41, 5.74) is 7.49. The fraction of sp³-hybridized carbons (Fsp3) is 0.136. The number of rotatable bonds is 4. The van der Waals surface area contributed by atoms with E-state index in [4.69, 9.17) is 15.9 Å². The highest BCUT2D eigenvalue weighted by molar-refractivity contribution is 5.99. The van der Waals surface area contributed by atoms with E-state index in [1.165, 1.54) is 0 Å². The van der Waals surface area contributed by atoms with Crippen molar-refractivity contribution in [2.45, 2.75) is 6.42 Å². The second-order valence-corrected chi connectivity index (χ2v) is 6.74. The molecule has 7 heteroatoms. The van der Waals surface area contributed by atoms with Crippen LogP contribution >= 0.6 is 0 Å². The summed E-state index contributed by atoms with van der Waals surface area (Å²) in [4.78, 5) is 16.8. The molecule has 1 aliphatic heterocycles. The summed E-state index contributed by atoms with van der Waals surface area (Å²) in [6, 6.07) is 17.9. The third-order valence-corrected chi connectivity index (χ3v) is 4.61. The molecular weight excluding hydrogens is 366 g/mol. The lowest BCUT2D eigenvalue weighted by atomic mass is 10.1. The zero-order chi connectivity index (χ0) is 20.2. The van der Waals surface area contributed by atoms with E-state index in [9.17, 15) is 4.79 Å². The summed E-state index contributed by atoms with van der Waals surface area (Å²) >= 11 is 0. The lowest BCUT2D eigenvalue weighted by Crippen LogP contribution is -2.35. The monoisotopic (exact) mass is 387 g/mol. The number of amidine groups is 1. The molecule has 0 amide bonds. The molecular formula is C22H21N5O2. The van der Waals surface area contributed by atoms with Gasteiger partial charge in [0, 0.05) is 24.3 Å². The first-order valence-electron chi connectivity index (χ1n) is 9.34. The van der Waals surface area contributed by atoms with Crippen LogP contribution < -0.4 is 21.1 Å². The molecule has 0 fully saturated rings. The Bertz CT molecular complexity index is 1110. The highest BCUT2D eigenvalue weighted by atomic mass is 16.5. The standard InChI is InChI=1S/C22H21N5O2/c23-20(24)17-3-2-16-13-19(9-6-15(16)12-17)29-21(28)14-4-7-18(8-5-14)27-22-25-10-1-11-26-22/h2-9,12-13H,1,10-11H2,(H3,23,24)(H2,25,26,27). The molecule has 1 aliphatic rings. The number of anilines is 1. The summed E-state index contributed by atoms with van der Waals surface area (Å²) < 4.78 is 5.51. The molecule has 7 nitrogen and oxygen atoms in total. The Morgan fingerprint density at radius 2 is 1.76 bits per heavy atom. The maximum Gasteiger partial charge on any atom is 0.343 e. The zero-order valence-electron chi connectivity index (χ0n) is 15.7. The van der Waals surface area contributed by atoms with Gasteiger partial charge < -0.3 is 21.1 Å². The minimum absolute atomic E-state index is 0.0201. The van der Waals surface area contributed by atoms with Crippen molar-refractivity contribution in [2.75, 3.05) is 18.4 Å². The quantitative estimate of drug-likeness (QED) is 0.238. The molecule has 0 aliphatic carbocycles. The predicted molar refractivity (Wildman–Crippen MR) is 115 cm³/mol. The normalized spacial score (nSPS) is 13.3. The summed E-state index contributed by atoms with van der Waals surface area (Å²) in [6.45, 7) is 1.71. The van der Waals surface area contributed by atoms with Gasteiger partial charge in [-0.3, -0.25) is 10.4 Å². The van der Waals surface area contributed by atoms with Gasteiger partial charge >= 0.3 is 5.97 Å². The molecule has 0 bridgehead atoms. The fourth-order valence-corrected chi connectivity index (χ4v) is 3.06. The van der Waals surface area contributed by atoms with Crippen molar-refractivity contribution in [3.05, 3.63) is 71.8 Å². The van der Waals surface area contributed by atoms with Crippen LogP contribution in [-0.2, 0) is 0 Å². The average Bonchev–Trinajstić information content (AvgIpc) is 2.74. The Morgan fingerprint density at radius 1 is 1.03 bits per heavy atom. The van der Waals surface area contributed by atoms with E-state index in [-0.39, 0.29) is 5.84 Å². The van der Waals surface area contributed by atoms with Gasteiger partial charge in [0.15, 0.2) is 5.96 Å². The Labute approximate surface area is 168 Å². The average molecular weight is 387 g/mol. The molecule has 0 saturated heterocycles. The number of hydrogen-bond donors (Lipinski definition) is 4. The highest BCUT2D eigenvalue weighted by Gasteiger charge is 2.10. The van der Waals surface area contributed by atoms with E-state index < -0.39 is 5.97 Å².